The summed E-state index contributed by atoms with van der Waals surface area (Å²) in [6.07, 6.45) is -12.4. The zero-order valence-corrected chi connectivity index (χ0v) is 15.7. The van der Waals surface area contributed by atoms with Gasteiger partial charge in [0.25, 0.3) is 0 Å². The summed E-state index contributed by atoms with van der Waals surface area (Å²) in [5.41, 5.74) is 0. The quantitative estimate of drug-likeness (QED) is 0.256. The van der Waals surface area contributed by atoms with E-state index in [2.05, 4.69) is 5.32 Å². The lowest BCUT2D eigenvalue weighted by atomic mass is 9.92. The summed E-state index contributed by atoms with van der Waals surface area (Å²) in [7, 11) is 1.16. The minimum absolute atomic E-state index is 0.447. The maximum absolute atomic E-state index is 11.5. The van der Waals surface area contributed by atoms with Crippen LogP contribution in [0.5, 0.6) is 0 Å². The number of methoxy groups -OCH3 is 1. The predicted octanol–water partition coefficient (Wildman–Crippen LogP) is -3.44. The maximum atomic E-state index is 11.5. The molecule has 10 atom stereocenters. The molecular weight excluding hydrogens is 382 g/mol. The lowest BCUT2D eigenvalue weighted by Crippen LogP contribution is -2.67. The van der Waals surface area contributed by atoms with Gasteiger partial charge in [0.2, 0.25) is 5.91 Å². The molecule has 0 aromatic carbocycles. The Hall–Kier alpha value is -1.38. The Morgan fingerprint density at radius 1 is 1.07 bits per heavy atom. The first-order valence-electron chi connectivity index (χ1n) is 8.76. The fourth-order valence-electron chi connectivity index (χ4n) is 3.45. The van der Waals surface area contributed by atoms with Crippen LogP contribution in [0.2, 0.25) is 0 Å². The first kappa shape index (κ1) is 22.9. The second-order valence-corrected chi connectivity index (χ2v) is 6.82. The van der Waals surface area contributed by atoms with Crippen molar-refractivity contribution in [2.45, 2.75) is 75.0 Å². The number of aliphatic hydroxyl groups excluding tert-OH is 4. The highest BCUT2D eigenvalue weighted by molar-refractivity contribution is 5.73. The third-order valence-corrected chi connectivity index (χ3v) is 4.87. The predicted molar refractivity (Wildman–Crippen MR) is 89.0 cm³/mol. The van der Waals surface area contributed by atoms with E-state index in [4.69, 9.17) is 18.9 Å². The van der Waals surface area contributed by atoms with Gasteiger partial charge in [0.15, 0.2) is 12.4 Å². The third-order valence-electron chi connectivity index (χ3n) is 4.87. The third kappa shape index (κ3) is 4.60. The molecule has 2 fully saturated rings. The average molecular weight is 409 g/mol. The number of rotatable bonds is 6. The minimum atomic E-state index is -1.70. The number of aliphatic carboxylic acids is 1. The molecule has 0 radical (unpaired) electrons. The van der Waals surface area contributed by atoms with E-state index in [1.807, 2.05) is 0 Å². The number of carboxylic acids is 1. The zero-order chi connectivity index (χ0) is 21.2. The molecule has 0 aromatic heterocycles. The molecule has 4 unspecified atom stereocenters. The van der Waals surface area contributed by atoms with E-state index in [1.165, 1.54) is 6.92 Å². The summed E-state index contributed by atoms with van der Waals surface area (Å²) < 4.78 is 21.2. The molecule has 2 aliphatic heterocycles. The largest absolute Gasteiger partial charge is 0.479 e. The fourth-order valence-corrected chi connectivity index (χ4v) is 3.45. The van der Waals surface area contributed by atoms with Gasteiger partial charge in [-0.2, -0.15) is 0 Å². The van der Waals surface area contributed by atoms with Gasteiger partial charge in [-0.3, -0.25) is 4.79 Å². The van der Waals surface area contributed by atoms with Crippen molar-refractivity contribution in [2.75, 3.05) is 13.7 Å². The summed E-state index contributed by atoms with van der Waals surface area (Å²) >= 11 is 0. The number of nitrogens with one attached hydrogen (secondary N) is 1. The number of ether oxygens (including phenoxy) is 4. The molecule has 0 bridgehead atoms. The van der Waals surface area contributed by atoms with Gasteiger partial charge in [-0.1, -0.05) is 0 Å². The van der Waals surface area contributed by atoms with E-state index in [9.17, 15) is 35.1 Å². The van der Waals surface area contributed by atoms with Crippen LogP contribution in [0.15, 0.2) is 0 Å². The topological polar surface area (TPSA) is 184 Å². The number of aliphatic hydroxyl groups is 4. The highest BCUT2D eigenvalue weighted by Gasteiger charge is 2.52. The molecular formula is C16H27NO11. The van der Waals surface area contributed by atoms with Crippen LogP contribution >= 0.6 is 0 Å². The molecule has 0 saturated carbocycles. The minimum Gasteiger partial charge on any atom is -0.479 e. The van der Waals surface area contributed by atoms with Crippen LogP contribution in [0.25, 0.3) is 0 Å². The molecule has 0 aromatic rings. The Morgan fingerprint density at radius 2 is 1.71 bits per heavy atom. The molecule has 28 heavy (non-hydrogen) atoms. The smallest absolute Gasteiger partial charge is 0.335 e. The van der Waals surface area contributed by atoms with E-state index < -0.39 is 79.6 Å². The molecule has 12 heteroatoms. The van der Waals surface area contributed by atoms with Gasteiger partial charge in [-0.05, 0) is 6.92 Å². The summed E-state index contributed by atoms with van der Waals surface area (Å²) in [5.74, 6) is -1.89. The SMILES string of the molecule is CO[C@@H]1C(C(=O)O)OC(O[C@H]2[C@H](O)C(CO)OC(C)[C@H]2NC(C)=O)[C@@H](O)[C@H]1O. The van der Waals surface area contributed by atoms with Crippen LogP contribution in [0.4, 0.5) is 0 Å². The van der Waals surface area contributed by atoms with Gasteiger partial charge < -0.3 is 49.8 Å². The van der Waals surface area contributed by atoms with Gasteiger partial charge in [0, 0.05) is 14.0 Å². The molecule has 2 heterocycles. The number of carboxylic acid groups (broad SMARTS) is 1. The second-order valence-electron chi connectivity index (χ2n) is 6.82. The van der Waals surface area contributed by atoms with E-state index in [-0.39, 0.29) is 0 Å². The van der Waals surface area contributed by atoms with Crippen molar-refractivity contribution in [1.82, 2.24) is 5.32 Å². The molecule has 0 aliphatic carbocycles. The first-order valence-corrected chi connectivity index (χ1v) is 8.76. The Bertz CT molecular complexity index is 561. The Kier molecular flexibility index (Phi) is 7.70. The van der Waals surface area contributed by atoms with Crippen molar-refractivity contribution in [1.29, 1.82) is 0 Å². The molecule has 12 nitrogen and oxygen atoms in total. The molecule has 1 amide bonds. The molecule has 0 spiro atoms. The lowest BCUT2D eigenvalue weighted by Gasteiger charge is -2.47. The molecule has 162 valence electrons. The number of amides is 1. The lowest BCUT2D eigenvalue weighted by molar-refractivity contribution is -0.327. The summed E-state index contributed by atoms with van der Waals surface area (Å²) in [5, 5.41) is 52.2. The van der Waals surface area contributed by atoms with Crippen molar-refractivity contribution < 1.29 is 54.1 Å². The maximum Gasteiger partial charge on any atom is 0.335 e. The van der Waals surface area contributed by atoms with Gasteiger partial charge in [-0.15, -0.1) is 0 Å². The van der Waals surface area contributed by atoms with E-state index in [0.717, 1.165) is 7.11 Å². The molecule has 2 rings (SSSR count). The Morgan fingerprint density at radius 3 is 2.21 bits per heavy atom. The van der Waals surface area contributed by atoms with E-state index in [0.29, 0.717) is 0 Å². The molecule has 2 aliphatic rings. The normalized spacial score (nSPS) is 44.1. The number of carbonyl (C=O) groups is 2. The van der Waals surface area contributed by atoms with Crippen LogP contribution in [-0.4, -0.2) is 112 Å². The van der Waals surface area contributed by atoms with Crippen molar-refractivity contribution >= 4 is 11.9 Å². The van der Waals surface area contributed by atoms with Crippen molar-refractivity contribution in [3.05, 3.63) is 0 Å². The first-order chi connectivity index (χ1) is 13.1. The molecule has 2 saturated heterocycles. The van der Waals surface area contributed by atoms with Crippen LogP contribution in [-0.2, 0) is 28.5 Å². The summed E-state index contributed by atoms with van der Waals surface area (Å²) in [6, 6.07) is -0.897. The number of hydrogen-bond acceptors (Lipinski definition) is 10. The highest BCUT2D eigenvalue weighted by atomic mass is 16.7. The van der Waals surface area contributed by atoms with Crippen molar-refractivity contribution in [3.63, 3.8) is 0 Å². The summed E-state index contributed by atoms with van der Waals surface area (Å²) in [6.45, 7) is 2.28. The van der Waals surface area contributed by atoms with E-state index >= 15 is 0 Å². The van der Waals surface area contributed by atoms with Gasteiger partial charge in [0.1, 0.15) is 36.6 Å². The Labute approximate surface area is 160 Å². The van der Waals surface area contributed by atoms with Gasteiger partial charge >= 0.3 is 5.97 Å². The average Bonchev–Trinajstić information content (AvgIpc) is 2.63. The van der Waals surface area contributed by atoms with Crippen LogP contribution in [0.1, 0.15) is 13.8 Å². The summed E-state index contributed by atoms with van der Waals surface area (Å²) in [4.78, 5) is 23.0. The molecule has 6 N–H and O–H groups in total. The van der Waals surface area contributed by atoms with Crippen LogP contribution in [0, 0.1) is 0 Å². The zero-order valence-electron chi connectivity index (χ0n) is 15.7. The van der Waals surface area contributed by atoms with Crippen LogP contribution < -0.4 is 5.32 Å². The van der Waals surface area contributed by atoms with Crippen molar-refractivity contribution in [2.24, 2.45) is 0 Å². The highest BCUT2D eigenvalue weighted by Crippen LogP contribution is 2.30. The van der Waals surface area contributed by atoms with E-state index in [1.54, 1.807) is 6.92 Å². The van der Waals surface area contributed by atoms with Gasteiger partial charge in [0.05, 0.1) is 18.8 Å². The monoisotopic (exact) mass is 409 g/mol. The second kappa shape index (κ2) is 9.41. The van der Waals surface area contributed by atoms with Crippen molar-refractivity contribution in [3.8, 4) is 0 Å². The number of hydrogen-bond donors (Lipinski definition) is 6. The van der Waals surface area contributed by atoms with Crippen LogP contribution in [0.3, 0.4) is 0 Å². The van der Waals surface area contributed by atoms with Gasteiger partial charge in [-0.25, -0.2) is 4.79 Å². The number of carbonyl (C=O) groups excluding carboxylic acids is 1. The fraction of sp³-hybridized carbons (Fsp3) is 0.875. The Balaban J connectivity index is 2.26. The standard InChI is InChI=1S/C16H27NO11/c1-5-8(17-6(2)19)12(9(20)7(4-18)26-5)27-16-11(22)10(21)13(25-3)14(28-16)15(23)24/h5,7-14,16,18,20-22H,4H2,1-3H3,(H,17,19)(H,23,24)/t5?,7?,8-,9-,10-,11+,12-,13+,14?,16?/m1/s1.